The molecule has 24 heavy (non-hydrogen) atoms. The third kappa shape index (κ3) is 3.19. The largest absolute Gasteiger partial charge is 0.393 e. The van der Waals surface area contributed by atoms with Crippen molar-refractivity contribution in [3.8, 4) is 5.69 Å². The lowest BCUT2D eigenvalue weighted by molar-refractivity contribution is 0.107. The Morgan fingerprint density at radius 3 is 2.58 bits per heavy atom. The molecule has 5 nitrogen and oxygen atoms in total. The molecule has 130 valence electrons. The highest BCUT2D eigenvalue weighted by atomic mass is 16.3. The predicted octanol–water partition coefficient (Wildman–Crippen LogP) is 2.08. The smallest absolute Gasteiger partial charge is 0.276 e. The molecule has 1 aliphatic rings. The van der Waals surface area contributed by atoms with E-state index in [2.05, 4.69) is 4.90 Å². The van der Waals surface area contributed by atoms with Crippen molar-refractivity contribution in [2.24, 2.45) is 13.0 Å². The van der Waals surface area contributed by atoms with Gasteiger partial charge in [0.2, 0.25) is 0 Å². The summed E-state index contributed by atoms with van der Waals surface area (Å²) in [5.41, 5.74) is 2.74. The molecule has 1 fully saturated rings. The number of hydrogen-bond acceptors (Lipinski definition) is 3. The molecule has 1 saturated carbocycles. The maximum absolute atomic E-state index is 12.9. The van der Waals surface area contributed by atoms with Crippen LogP contribution in [0.3, 0.4) is 0 Å². The molecule has 2 atom stereocenters. The van der Waals surface area contributed by atoms with Crippen molar-refractivity contribution < 1.29 is 5.11 Å². The fourth-order valence-corrected chi connectivity index (χ4v) is 3.77. The van der Waals surface area contributed by atoms with E-state index in [1.807, 2.05) is 56.0 Å². The van der Waals surface area contributed by atoms with E-state index in [0.29, 0.717) is 12.5 Å². The van der Waals surface area contributed by atoms with Gasteiger partial charge in [-0.1, -0.05) is 24.6 Å². The fraction of sp³-hybridized carbons (Fsp3) is 0.526. The summed E-state index contributed by atoms with van der Waals surface area (Å²) in [6.45, 7) is 3.44. The predicted molar refractivity (Wildman–Crippen MR) is 95.4 cm³/mol. The van der Waals surface area contributed by atoms with Crippen molar-refractivity contribution in [3.05, 3.63) is 51.9 Å². The molecule has 0 amide bonds. The van der Waals surface area contributed by atoms with Crippen molar-refractivity contribution in [3.63, 3.8) is 0 Å². The van der Waals surface area contributed by atoms with Crippen molar-refractivity contribution in [1.29, 1.82) is 0 Å². The van der Waals surface area contributed by atoms with Gasteiger partial charge in [0.05, 0.1) is 17.4 Å². The van der Waals surface area contributed by atoms with Crippen LogP contribution in [0.25, 0.3) is 5.69 Å². The molecule has 2 unspecified atom stereocenters. The van der Waals surface area contributed by atoms with Crippen LogP contribution in [0.2, 0.25) is 0 Å². The zero-order valence-corrected chi connectivity index (χ0v) is 14.8. The van der Waals surface area contributed by atoms with Crippen LogP contribution in [-0.4, -0.2) is 39.1 Å². The number of aliphatic hydroxyl groups is 1. The van der Waals surface area contributed by atoms with Gasteiger partial charge >= 0.3 is 0 Å². The van der Waals surface area contributed by atoms with E-state index in [-0.39, 0.29) is 11.7 Å². The zero-order chi connectivity index (χ0) is 17.3. The average molecular weight is 329 g/mol. The van der Waals surface area contributed by atoms with Gasteiger partial charge in [-0.05, 0) is 44.9 Å². The molecular weight excluding hydrogens is 302 g/mol. The number of rotatable bonds is 5. The van der Waals surface area contributed by atoms with Crippen LogP contribution < -0.4 is 5.56 Å². The fourth-order valence-electron chi connectivity index (χ4n) is 3.77. The normalized spacial score (nSPS) is 20.9. The second kappa shape index (κ2) is 6.95. The molecule has 1 aromatic carbocycles. The summed E-state index contributed by atoms with van der Waals surface area (Å²) in [4.78, 5) is 15.1. The Kier molecular flexibility index (Phi) is 4.92. The van der Waals surface area contributed by atoms with Crippen LogP contribution in [0.15, 0.2) is 35.1 Å². The third-order valence-corrected chi connectivity index (χ3v) is 5.27. The molecule has 1 N–H and O–H groups in total. The van der Waals surface area contributed by atoms with Gasteiger partial charge in [-0.3, -0.25) is 9.48 Å². The van der Waals surface area contributed by atoms with E-state index < -0.39 is 0 Å². The minimum atomic E-state index is -0.190. The highest BCUT2D eigenvalue weighted by molar-refractivity contribution is 5.33. The average Bonchev–Trinajstić information content (AvgIpc) is 3.05. The highest BCUT2D eigenvalue weighted by Crippen LogP contribution is 2.26. The zero-order valence-electron chi connectivity index (χ0n) is 14.8. The molecule has 5 heteroatoms. The van der Waals surface area contributed by atoms with Crippen LogP contribution in [0.1, 0.15) is 30.5 Å². The van der Waals surface area contributed by atoms with E-state index in [0.717, 1.165) is 42.8 Å². The summed E-state index contributed by atoms with van der Waals surface area (Å²) < 4.78 is 3.65. The Hall–Kier alpha value is -1.85. The van der Waals surface area contributed by atoms with Gasteiger partial charge in [-0.2, -0.15) is 0 Å². The Bertz CT molecular complexity index is 748. The quantitative estimate of drug-likeness (QED) is 0.914. The van der Waals surface area contributed by atoms with Crippen molar-refractivity contribution in [2.75, 3.05) is 13.6 Å². The maximum atomic E-state index is 12.9. The topological polar surface area (TPSA) is 50.4 Å². The van der Waals surface area contributed by atoms with E-state index in [9.17, 15) is 9.90 Å². The minimum Gasteiger partial charge on any atom is -0.393 e. The second-order valence-corrected chi connectivity index (χ2v) is 7.00. The van der Waals surface area contributed by atoms with Gasteiger partial charge in [-0.25, -0.2) is 4.68 Å². The standard InChI is InChI=1S/C19H27N3O2/c1-14-17(13-20(2)12-15-8-7-11-18(15)23)19(24)22(21(14)3)16-9-5-4-6-10-16/h4-6,9-10,15,18,23H,7-8,11-13H2,1-3H3. The van der Waals surface area contributed by atoms with Crippen LogP contribution in [0.5, 0.6) is 0 Å². The molecule has 1 aliphatic carbocycles. The summed E-state index contributed by atoms with van der Waals surface area (Å²) in [5, 5.41) is 10.0. The first kappa shape index (κ1) is 17.0. The van der Waals surface area contributed by atoms with Gasteiger partial charge in [-0.15, -0.1) is 0 Å². The SMILES string of the molecule is Cc1c(CN(C)CC2CCCC2O)c(=O)n(-c2ccccc2)n1C. The van der Waals surface area contributed by atoms with Crippen molar-refractivity contribution in [1.82, 2.24) is 14.3 Å². The molecule has 0 bridgehead atoms. The van der Waals surface area contributed by atoms with E-state index in [1.165, 1.54) is 0 Å². The van der Waals surface area contributed by atoms with E-state index in [1.54, 1.807) is 4.68 Å². The summed E-state index contributed by atoms with van der Waals surface area (Å²) in [7, 11) is 3.96. The van der Waals surface area contributed by atoms with Crippen LogP contribution in [0.4, 0.5) is 0 Å². The van der Waals surface area contributed by atoms with Crippen LogP contribution in [-0.2, 0) is 13.6 Å². The van der Waals surface area contributed by atoms with Crippen molar-refractivity contribution >= 4 is 0 Å². The molecule has 0 spiro atoms. The van der Waals surface area contributed by atoms with Crippen LogP contribution >= 0.6 is 0 Å². The minimum absolute atomic E-state index is 0.0417. The lowest BCUT2D eigenvalue weighted by Crippen LogP contribution is -2.31. The number of para-hydroxylation sites is 1. The molecule has 0 saturated heterocycles. The number of benzene rings is 1. The molecule has 0 radical (unpaired) electrons. The van der Waals surface area contributed by atoms with Gasteiger partial charge in [0, 0.05) is 25.8 Å². The van der Waals surface area contributed by atoms with Gasteiger partial charge in [0.15, 0.2) is 0 Å². The molecule has 0 aliphatic heterocycles. The second-order valence-electron chi connectivity index (χ2n) is 7.00. The van der Waals surface area contributed by atoms with Crippen LogP contribution in [0, 0.1) is 12.8 Å². The first-order valence-corrected chi connectivity index (χ1v) is 8.68. The highest BCUT2D eigenvalue weighted by Gasteiger charge is 2.27. The van der Waals surface area contributed by atoms with Gasteiger partial charge in [0.25, 0.3) is 5.56 Å². The first-order valence-electron chi connectivity index (χ1n) is 8.68. The summed E-state index contributed by atoms with van der Waals surface area (Å²) in [6.07, 6.45) is 2.90. The summed E-state index contributed by atoms with van der Waals surface area (Å²) in [6, 6.07) is 9.73. The molecular formula is C19H27N3O2. The third-order valence-electron chi connectivity index (χ3n) is 5.27. The van der Waals surface area contributed by atoms with E-state index in [4.69, 9.17) is 0 Å². The Morgan fingerprint density at radius 1 is 1.25 bits per heavy atom. The number of aromatic nitrogens is 2. The Balaban J connectivity index is 1.83. The summed E-state index contributed by atoms with van der Waals surface area (Å²) >= 11 is 0. The molecule has 1 heterocycles. The first-order chi connectivity index (χ1) is 11.5. The monoisotopic (exact) mass is 329 g/mol. The molecule has 2 aromatic rings. The Labute approximate surface area is 143 Å². The lowest BCUT2D eigenvalue weighted by atomic mass is 10.1. The molecule has 1 aromatic heterocycles. The van der Waals surface area contributed by atoms with E-state index >= 15 is 0 Å². The number of hydrogen-bond donors (Lipinski definition) is 1. The van der Waals surface area contributed by atoms with Crippen molar-refractivity contribution in [2.45, 2.75) is 38.8 Å². The van der Waals surface area contributed by atoms with Gasteiger partial charge < -0.3 is 10.0 Å². The van der Waals surface area contributed by atoms with Gasteiger partial charge in [0.1, 0.15) is 0 Å². The Morgan fingerprint density at radius 2 is 1.96 bits per heavy atom. The maximum Gasteiger partial charge on any atom is 0.276 e. The summed E-state index contributed by atoms with van der Waals surface area (Å²) in [5.74, 6) is 0.329. The number of aliphatic hydroxyl groups excluding tert-OH is 1. The molecule has 3 rings (SSSR count). The number of nitrogens with zero attached hydrogens (tertiary/aromatic N) is 3. The lowest BCUT2D eigenvalue weighted by Gasteiger charge is -2.22.